The Kier molecular flexibility index (Phi) is 8.14. The maximum Gasteiger partial charge on any atom is 0.338 e. The lowest BCUT2D eigenvalue weighted by atomic mass is 9.93. The number of methoxy groups -OCH3 is 1. The van der Waals surface area contributed by atoms with Crippen molar-refractivity contribution in [3.63, 3.8) is 0 Å². The number of benzene rings is 2. The van der Waals surface area contributed by atoms with Crippen molar-refractivity contribution in [2.24, 2.45) is 4.99 Å². The second kappa shape index (κ2) is 11.9. The molecule has 38 heavy (non-hydrogen) atoms. The van der Waals surface area contributed by atoms with E-state index < -0.39 is 12.0 Å². The minimum Gasteiger partial charge on any atom is -0.489 e. The highest BCUT2D eigenvalue weighted by Crippen LogP contribution is 2.45. The van der Waals surface area contributed by atoms with Gasteiger partial charge in [0.05, 0.1) is 30.3 Å². The number of carbonyl (C=O) groups is 2. The molecule has 0 radical (unpaired) electrons. The van der Waals surface area contributed by atoms with E-state index >= 15 is 0 Å². The van der Waals surface area contributed by atoms with Crippen LogP contribution in [0.25, 0.3) is 0 Å². The molecule has 1 aliphatic carbocycles. The van der Waals surface area contributed by atoms with Gasteiger partial charge in [-0.25, -0.2) is 9.79 Å². The summed E-state index contributed by atoms with van der Waals surface area (Å²) in [6.07, 6.45) is 2.25. The Balaban J connectivity index is 1.45. The van der Waals surface area contributed by atoms with Crippen molar-refractivity contribution in [3.05, 3.63) is 88.1 Å². The molecule has 1 saturated carbocycles. The van der Waals surface area contributed by atoms with Crippen LogP contribution in [0.4, 0.5) is 0 Å². The van der Waals surface area contributed by atoms with E-state index in [4.69, 9.17) is 19.2 Å². The molecule has 0 saturated heterocycles. The Labute approximate surface area is 226 Å². The molecule has 0 spiro atoms. The number of carbonyl (C=O) groups excluding carboxylic acids is 2. The number of allylic oxidation sites excluding steroid dienone is 1. The number of ether oxygens (including phenoxy) is 3. The van der Waals surface area contributed by atoms with Gasteiger partial charge in [0.25, 0.3) is 0 Å². The molecule has 2 aromatic carbocycles. The summed E-state index contributed by atoms with van der Waals surface area (Å²) >= 11 is 1.46. The maximum atomic E-state index is 13.4. The first-order chi connectivity index (χ1) is 18.5. The molecule has 3 aliphatic rings. The molecule has 0 aromatic heterocycles. The Morgan fingerprint density at radius 1 is 1.11 bits per heavy atom. The number of esters is 1. The van der Waals surface area contributed by atoms with Crippen LogP contribution in [0.5, 0.6) is 5.75 Å². The lowest BCUT2D eigenvalue weighted by molar-refractivity contribution is -0.141. The highest BCUT2D eigenvalue weighted by molar-refractivity contribution is 8.16. The Morgan fingerprint density at radius 3 is 2.68 bits per heavy atom. The third kappa shape index (κ3) is 6.11. The van der Waals surface area contributed by atoms with Crippen molar-refractivity contribution < 1.29 is 23.8 Å². The number of amides is 1. The zero-order valence-electron chi connectivity index (χ0n) is 21.5. The van der Waals surface area contributed by atoms with E-state index in [0.29, 0.717) is 30.2 Å². The maximum absolute atomic E-state index is 13.4. The first-order valence-corrected chi connectivity index (χ1v) is 13.6. The number of nitrogens with one attached hydrogen (secondary N) is 1. The summed E-state index contributed by atoms with van der Waals surface area (Å²) in [6.45, 7) is 2.68. The van der Waals surface area contributed by atoms with E-state index in [1.807, 2.05) is 71.8 Å². The quantitative estimate of drug-likeness (QED) is 0.331. The second-order valence-electron chi connectivity index (χ2n) is 9.39. The molecule has 8 nitrogen and oxygen atoms in total. The van der Waals surface area contributed by atoms with Gasteiger partial charge in [-0.05, 0) is 48.4 Å². The fourth-order valence-corrected chi connectivity index (χ4v) is 5.39. The van der Waals surface area contributed by atoms with Gasteiger partial charge in [0.1, 0.15) is 19.0 Å². The average Bonchev–Trinajstić information content (AvgIpc) is 3.65. The molecule has 2 aliphatic heterocycles. The van der Waals surface area contributed by atoms with Gasteiger partial charge in [-0.2, -0.15) is 0 Å². The van der Waals surface area contributed by atoms with Crippen LogP contribution in [-0.4, -0.2) is 48.3 Å². The fourth-order valence-electron chi connectivity index (χ4n) is 4.43. The van der Waals surface area contributed by atoms with Gasteiger partial charge < -0.3 is 24.4 Å². The standard InChI is InChI=1S/C29H31N3O5S/c1-19-26(28(34)36-14-13-35-2)27(21-9-6-10-24(15-21)37-17-20-7-4-3-5-8-20)32-23(18-38-29(32)30-19)16-25(33)31-22-11-12-22/h3-10,15,18,22,27H,11-14,16-17H2,1-2H3,(H,31,33). The SMILES string of the molecule is COCCOC(=O)C1=C(C)N=C2SC=C(CC(=O)NC3CC3)N2C1c1cccc(OCc2ccccc2)c1. The number of hydrogen-bond donors (Lipinski definition) is 1. The molecule has 198 valence electrons. The number of rotatable bonds is 11. The van der Waals surface area contributed by atoms with Crippen molar-refractivity contribution >= 4 is 28.8 Å². The fraction of sp³-hybridized carbons (Fsp3) is 0.345. The largest absolute Gasteiger partial charge is 0.489 e. The third-order valence-corrected chi connectivity index (χ3v) is 7.34. The van der Waals surface area contributed by atoms with Gasteiger partial charge in [0.15, 0.2) is 5.17 Å². The van der Waals surface area contributed by atoms with E-state index in [1.54, 1.807) is 7.11 Å². The van der Waals surface area contributed by atoms with Gasteiger partial charge in [-0.3, -0.25) is 4.79 Å². The van der Waals surface area contributed by atoms with Gasteiger partial charge in [-0.15, -0.1) is 0 Å². The molecule has 1 amide bonds. The topological polar surface area (TPSA) is 89.5 Å². The first-order valence-electron chi connectivity index (χ1n) is 12.7. The molecule has 2 aromatic rings. The monoisotopic (exact) mass is 533 g/mol. The molecule has 5 rings (SSSR count). The minimum absolute atomic E-state index is 0.0326. The lowest BCUT2D eigenvalue weighted by Crippen LogP contribution is -2.38. The first kappa shape index (κ1) is 26.1. The zero-order chi connectivity index (χ0) is 26.5. The summed E-state index contributed by atoms with van der Waals surface area (Å²) in [5.41, 5.74) is 3.72. The van der Waals surface area contributed by atoms with Crippen LogP contribution in [0.3, 0.4) is 0 Å². The van der Waals surface area contributed by atoms with E-state index in [-0.39, 0.29) is 25.0 Å². The average molecular weight is 534 g/mol. The van der Waals surface area contributed by atoms with Crippen molar-refractivity contribution in [1.82, 2.24) is 10.2 Å². The highest BCUT2D eigenvalue weighted by atomic mass is 32.2. The van der Waals surface area contributed by atoms with E-state index in [1.165, 1.54) is 11.8 Å². The molecule has 1 fully saturated rings. The van der Waals surface area contributed by atoms with Crippen molar-refractivity contribution in [2.75, 3.05) is 20.3 Å². The normalized spacial score (nSPS) is 18.5. The summed E-state index contributed by atoms with van der Waals surface area (Å²) in [5.74, 6) is 0.195. The summed E-state index contributed by atoms with van der Waals surface area (Å²) in [5, 5.41) is 5.73. The van der Waals surface area contributed by atoms with E-state index in [2.05, 4.69) is 5.32 Å². The summed E-state index contributed by atoms with van der Waals surface area (Å²) < 4.78 is 16.7. The molecular weight excluding hydrogens is 502 g/mol. The molecule has 1 unspecified atom stereocenters. The Morgan fingerprint density at radius 2 is 1.92 bits per heavy atom. The van der Waals surface area contributed by atoms with Crippen molar-refractivity contribution in [2.45, 2.75) is 44.9 Å². The predicted octanol–water partition coefficient (Wildman–Crippen LogP) is 4.70. The molecule has 1 N–H and O–H groups in total. The van der Waals surface area contributed by atoms with Crippen LogP contribution >= 0.6 is 11.8 Å². The number of fused-ring (bicyclic) bond motifs is 1. The Bertz CT molecular complexity index is 1290. The van der Waals surface area contributed by atoms with Crippen molar-refractivity contribution in [1.29, 1.82) is 0 Å². The highest BCUT2D eigenvalue weighted by Gasteiger charge is 2.41. The summed E-state index contributed by atoms with van der Waals surface area (Å²) in [4.78, 5) is 32.8. The van der Waals surface area contributed by atoms with Gasteiger partial charge in [-0.1, -0.05) is 54.2 Å². The predicted molar refractivity (Wildman–Crippen MR) is 146 cm³/mol. The number of thioether (sulfide) groups is 1. The van der Waals surface area contributed by atoms with Crippen LogP contribution < -0.4 is 10.1 Å². The molecule has 0 bridgehead atoms. The minimum atomic E-state index is -0.521. The molecule has 2 heterocycles. The van der Waals surface area contributed by atoms with Crippen molar-refractivity contribution in [3.8, 4) is 5.75 Å². The second-order valence-corrected chi connectivity index (χ2v) is 10.2. The van der Waals surface area contributed by atoms with Crippen LogP contribution in [0, 0.1) is 0 Å². The molecular formula is C29H31N3O5S. The van der Waals surface area contributed by atoms with Gasteiger partial charge in [0, 0.05) is 18.8 Å². The van der Waals surface area contributed by atoms with Crippen LogP contribution in [-0.2, 0) is 25.7 Å². The van der Waals surface area contributed by atoms with Crippen LogP contribution in [0.1, 0.15) is 43.4 Å². The summed E-state index contributed by atoms with van der Waals surface area (Å²) in [6, 6.07) is 17.4. The molecule has 9 heteroatoms. The number of hydrogen-bond acceptors (Lipinski definition) is 8. The number of aliphatic imine (C=N–C) groups is 1. The summed E-state index contributed by atoms with van der Waals surface area (Å²) in [7, 11) is 1.56. The van der Waals surface area contributed by atoms with E-state index in [9.17, 15) is 9.59 Å². The lowest BCUT2D eigenvalue weighted by Gasteiger charge is -2.36. The third-order valence-electron chi connectivity index (χ3n) is 6.45. The zero-order valence-corrected chi connectivity index (χ0v) is 22.3. The van der Waals surface area contributed by atoms with Gasteiger partial charge >= 0.3 is 5.97 Å². The number of nitrogens with zero attached hydrogens (tertiary/aromatic N) is 2. The number of amidine groups is 1. The van der Waals surface area contributed by atoms with E-state index in [0.717, 1.165) is 34.8 Å². The van der Waals surface area contributed by atoms with Crippen LogP contribution in [0.2, 0.25) is 0 Å². The Hall–Kier alpha value is -3.56. The smallest absolute Gasteiger partial charge is 0.338 e. The van der Waals surface area contributed by atoms with Crippen LogP contribution in [0.15, 0.2) is 82.0 Å². The van der Waals surface area contributed by atoms with Gasteiger partial charge in [0.2, 0.25) is 5.91 Å². The molecule has 1 atom stereocenters.